The number of likely N-dealkylation sites (tertiary alicyclic amines) is 1. The molecule has 1 aromatic carbocycles. The number of nitrogens with zero attached hydrogens (tertiary/aromatic N) is 2. The normalized spacial score (nSPS) is 22.7. The first-order valence-electron chi connectivity index (χ1n) is 10.7. The number of rotatable bonds is 3. The van der Waals surface area contributed by atoms with Gasteiger partial charge in [0.15, 0.2) is 11.5 Å². The molecule has 0 saturated carbocycles. The summed E-state index contributed by atoms with van der Waals surface area (Å²) in [5, 5.41) is 0. The molecule has 1 atom stereocenters. The van der Waals surface area contributed by atoms with Crippen LogP contribution < -0.4 is 14.2 Å². The van der Waals surface area contributed by atoms with Crippen molar-refractivity contribution in [2.45, 2.75) is 25.1 Å². The van der Waals surface area contributed by atoms with Gasteiger partial charge in [-0.05, 0) is 30.7 Å². The van der Waals surface area contributed by atoms with Gasteiger partial charge in [-0.25, -0.2) is 0 Å². The van der Waals surface area contributed by atoms with Crippen LogP contribution in [0.3, 0.4) is 0 Å². The minimum Gasteiger partial charge on any atom is -0.491 e. The summed E-state index contributed by atoms with van der Waals surface area (Å²) in [7, 11) is 0. The molecule has 1 fully saturated rings. The Bertz CT molecular complexity index is 1250. The van der Waals surface area contributed by atoms with E-state index < -0.39 is 17.2 Å². The maximum Gasteiger partial charge on any atom is 0.416 e. The van der Waals surface area contributed by atoms with Crippen molar-refractivity contribution >= 4 is 5.91 Å². The van der Waals surface area contributed by atoms with Gasteiger partial charge >= 0.3 is 6.18 Å². The van der Waals surface area contributed by atoms with Gasteiger partial charge in [-0.2, -0.15) is 13.2 Å². The summed E-state index contributed by atoms with van der Waals surface area (Å²) in [6, 6.07) is 5.30. The number of allylic oxidation sites excluding steroid dienone is 4. The second-order valence-electron chi connectivity index (χ2n) is 8.16. The fraction of sp³-hybridized carbons (Fsp3) is 0.280. The molecular formula is C25H21F3N2O4. The van der Waals surface area contributed by atoms with Crippen LogP contribution >= 0.6 is 0 Å². The third kappa shape index (κ3) is 3.34. The molecule has 1 aromatic heterocycles. The summed E-state index contributed by atoms with van der Waals surface area (Å²) in [5.41, 5.74) is -0.325. The van der Waals surface area contributed by atoms with Gasteiger partial charge in [0, 0.05) is 23.5 Å². The topological polar surface area (TPSA) is 60.9 Å². The first-order valence-corrected chi connectivity index (χ1v) is 10.7. The van der Waals surface area contributed by atoms with Crippen LogP contribution in [-0.2, 0) is 22.9 Å². The molecule has 1 unspecified atom stereocenters. The van der Waals surface area contributed by atoms with Crippen LogP contribution in [0.5, 0.6) is 17.2 Å². The average Bonchev–Trinajstić information content (AvgIpc) is 3.27. The number of fused-ring (bicyclic) bond motifs is 3. The van der Waals surface area contributed by atoms with Gasteiger partial charge in [0.05, 0.1) is 17.8 Å². The molecule has 0 bridgehead atoms. The highest BCUT2D eigenvalue weighted by Gasteiger charge is 2.58. The van der Waals surface area contributed by atoms with E-state index in [1.807, 2.05) is 13.0 Å². The Morgan fingerprint density at radius 3 is 2.59 bits per heavy atom. The SMILES string of the molecule is C=C1C(=CC=CC)C2(COc3cc4c(cc32)OCCO4)C(=O)N1Cc1cc(C(F)(F)F)ccn1. The standard InChI is InChI=1S/C25H21F3N2O4/c1-3-4-5-18-15(2)30(13-17-10-16(6-7-29-17)25(26,27)28)23(31)24(18)14-34-20-12-22-21(11-19(20)24)32-8-9-33-22/h3-7,10-12H,2,8-9,13-14H2,1H3. The molecule has 3 aliphatic heterocycles. The first-order chi connectivity index (χ1) is 16.3. The van der Waals surface area contributed by atoms with E-state index in [4.69, 9.17) is 14.2 Å². The summed E-state index contributed by atoms with van der Waals surface area (Å²) in [6.45, 7) is 6.62. The molecule has 0 aliphatic carbocycles. The Morgan fingerprint density at radius 1 is 1.15 bits per heavy atom. The van der Waals surface area contributed by atoms with E-state index in [2.05, 4.69) is 11.6 Å². The number of amides is 1. The Kier molecular flexibility index (Phi) is 5.15. The van der Waals surface area contributed by atoms with Crippen LogP contribution in [0.25, 0.3) is 0 Å². The van der Waals surface area contributed by atoms with Gasteiger partial charge in [-0.15, -0.1) is 0 Å². The number of alkyl halides is 3. The predicted octanol–water partition coefficient (Wildman–Crippen LogP) is 4.56. The highest BCUT2D eigenvalue weighted by molar-refractivity contribution is 6.01. The van der Waals surface area contributed by atoms with Crippen molar-refractivity contribution in [3.63, 3.8) is 0 Å². The number of ether oxygens (including phenoxy) is 3. The van der Waals surface area contributed by atoms with Crippen LogP contribution in [0.15, 0.2) is 66.5 Å². The Labute approximate surface area is 193 Å². The fourth-order valence-electron chi connectivity index (χ4n) is 4.55. The zero-order chi connectivity index (χ0) is 24.1. The number of hydrogen-bond acceptors (Lipinski definition) is 5. The number of carbonyl (C=O) groups excluding carboxylic acids is 1. The first kappa shape index (κ1) is 22.1. The van der Waals surface area contributed by atoms with Gasteiger partial charge in [0.1, 0.15) is 31.0 Å². The number of halogens is 3. The maximum atomic E-state index is 13.9. The molecule has 176 valence electrons. The number of pyridine rings is 1. The number of benzene rings is 1. The molecule has 2 aromatic rings. The van der Waals surface area contributed by atoms with Crippen molar-refractivity contribution in [2.75, 3.05) is 19.8 Å². The fourth-order valence-corrected chi connectivity index (χ4v) is 4.55. The minimum atomic E-state index is -4.51. The largest absolute Gasteiger partial charge is 0.491 e. The molecule has 34 heavy (non-hydrogen) atoms. The second-order valence-corrected chi connectivity index (χ2v) is 8.16. The van der Waals surface area contributed by atoms with Crippen molar-refractivity contribution in [3.05, 3.63) is 83.4 Å². The smallest absolute Gasteiger partial charge is 0.416 e. The van der Waals surface area contributed by atoms with E-state index in [0.29, 0.717) is 47.3 Å². The van der Waals surface area contributed by atoms with E-state index in [1.165, 1.54) is 4.90 Å². The lowest BCUT2D eigenvalue weighted by atomic mass is 9.76. The quantitative estimate of drug-likeness (QED) is 0.658. The van der Waals surface area contributed by atoms with Gasteiger partial charge in [0.2, 0.25) is 5.91 Å². The van der Waals surface area contributed by atoms with E-state index in [0.717, 1.165) is 18.3 Å². The van der Waals surface area contributed by atoms with Crippen LogP contribution in [-0.4, -0.2) is 35.6 Å². The van der Waals surface area contributed by atoms with Gasteiger partial charge in [0.25, 0.3) is 0 Å². The summed E-state index contributed by atoms with van der Waals surface area (Å²) in [4.78, 5) is 19.4. The van der Waals surface area contributed by atoms with Crippen molar-refractivity contribution in [2.24, 2.45) is 0 Å². The minimum absolute atomic E-state index is 0.0268. The monoisotopic (exact) mass is 470 g/mol. The van der Waals surface area contributed by atoms with Crippen molar-refractivity contribution in [3.8, 4) is 17.2 Å². The third-order valence-electron chi connectivity index (χ3n) is 6.17. The molecule has 3 aliphatic rings. The van der Waals surface area contributed by atoms with Crippen molar-refractivity contribution < 1.29 is 32.2 Å². The Balaban J connectivity index is 1.59. The molecule has 1 spiro atoms. The summed E-state index contributed by atoms with van der Waals surface area (Å²) >= 11 is 0. The highest BCUT2D eigenvalue weighted by atomic mass is 19.4. The van der Waals surface area contributed by atoms with Crippen LogP contribution in [0.1, 0.15) is 23.7 Å². The summed E-state index contributed by atoms with van der Waals surface area (Å²) in [6.07, 6.45) is 1.97. The van der Waals surface area contributed by atoms with Gasteiger partial charge in [-0.1, -0.05) is 24.8 Å². The molecule has 1 amide bonds. The second kappa shape index (κ2) is 7.93. The molecular weight excluding hydrogens is 449 g/mol. The van der Waals surface area contributed by atoms with E-state index in [1.54, 1.807) is 24.3 Å². The predicted molar refractivity (Wildman–Crippen MR) is 116 cm³/mol. The molecule has 0 radical (unpaired) electrons. The number of hydrogen-bond donors (Lipinski definition) is 0. The maximum absolute atomic E-state index is 13.9. The van der Waals surface area contributed by atoms with Crippen LogP contribution in [0.4, 0.5) is 13.2 Å². The third-order valence-corrected chi connectivity index (χ3v) is 6.17. The van der Waals surface area contributed by atoms with Crippen molar-refractivity contribution in [1.29, 1.82) is 0 Å². The van der Waals surface area contributed by atoms with E-state index >= 15 is 0 Å². The van der Waals surface area contributed by atoms with Crippen molar-refractivity contribution in [1.82, 2.24) is 9.88 Å². The molecule has 5 rings (SSSR count). The van der Waals surface area contributed by atoms with Gasteiger partial charge in [-0.3, -0.25) is 9.78 Å². The molecule has 1 saturated heterocycles. The lowest BCUT2D eigenvalue weighted by molar-refractivity contribution is -0.137. The van der Waals surface area contributed by atoms with E-state index in [-0.39, 0.29) is 24.8 Å². The van der Waals surface area contributed by atoms with Gasteiger partial charge < -0.3 is 19.1 Å². The molecule has 9 heteroatoms. The summed E-state index contributed by atoms with van der Waals surface area (Å²) in [5.74, 6) is 1.20. The lowest BCUT2D eigenvalue weighted by Crippen LogP contribution is -2.39. The lowest BCUT2D eigenvalue weighted by Gasteiger charge is -2.24. The number of aromatic nitrogens is 1. The number of carbonyl (C=O) groups is 1. The highest BCUT2D eigenvalue weighted by Crippen LogP contribution is 2.55. The summed E-state index contributed by atoms with van der Waals surface area (Å²) < 4.78 is 56.9. The Hall–Kier alpha value is -3.75. The van der Waals surface area contributed by atoms with E-state index in [9.17, 15) is 18.0 Å². The average molecular weight is 470 g/mol. The Morgan fingerprint density at radius 2 is 1.88 bits per heavy atom. The zero-order valence-electron chi connectivity index (χ0n) is 18.3. The molecule has 4 heterocycles. The zero-order valence-corrected chi connectivity index (χ0v) is 18.3. The van der Waals surface area contributed by atoms with Crippen LogP contribution in [0, 0.1) is 0 Å². The molecule has 0 N–H and O–H groups in total. The molecule has 6 nitrogen and oxygen atoms in total. The van der Waals surface area contributed by atoms with Crippen LogP contribution in [0.2, 0.25) is 0 Å².